The van der Waals surface area contributed by atoms with Crippen LogP contribution < -0.4 is 0 Å². The molecule has 0 aromatic carbocycles. The van der Waals surface area contributed by atoms with Crippen molar-refractivity contribution in [3.8, 4) is 0 Å². The molecule has 0 radical (unpaired) electrons. The number of hydrogen-bond donors (Lipinski definition) is 0. The average molecular weight is 153 g/mol. The fourth-order valence-corrected chi connectivity index (χ4v) is 2.37. The maximum absolute atomic E-state index is 11.2. The molecule has 2 atom stereocenters. The lowest BCUT2D eigenvalue weighted by atomic mass is 10.0. The minimum Gasteiger partial charge on any atom is -0.302 e. The Balaban J connectivity index is 2.07. The van der Waals surface area contributed by atoms with Gasteiger partial charge in [0.1, 0.15) is 5.78 Å². The molecular weight excluding hydrogens is 138 g/mol. The lowest BCUT2D eigenvalue weighted by molar-refractivity contribution is -0.122. The summed E-state index contributed by atoms with van der Waals surface area (Å²) in [5.74, 6) is 1.12. The van der Waals surface area contributed by atoms with Gasteiger partial charge in [-0.1, -0.05) is 6.92 Å². The predicted octanol–water partition coefficient (Wildman–Crippen LogP) is 0.917. The van der Waals surface area contributed by atoms with Gasteiger partial charge in [-0.05, 0) is 25.8 Å². The van der Waals surface area contributed by atoms with Gasteiger partial charge in [0.05, 0.1) is 0 Å². The van der Waals surface area contributed by atoms with E-state index >= 15 is 0 Å². The number of hydrogen-bond acceptors (Lipinski definition) is 2. The van der Waals surface area contributed by atoms with Crippen molar-refractivity contribution >= 4 is 5.78 Å². The second-order valence-corrected chi connectivity index (χ2v) is 3.94. The molecule has 0 amide bonds. The van der Waals surface area contributed by atoms with E-state index in [1.807, 2.05) is 0 Å². The van der Waals surface area contributed by atoms with Crippen LogP contribution in [0.25, 0.3) is 0 Å². The van der Waals surface area contributed by atoms with Crippen molar-refractivity contribution in [1.82, 2.24) is 4.90 Å². The maximum atomic E-state index is 11.2. The van der Waals surface area contributed by atoms with E-state index in [1.165, 1.54) is 6.42 Å². The minimum absolute atomic E-state index is 0.121. The Morgan fingerprint density at radius 3 is 2.82 bits per heavy atom. The molecule has 1 aliphatic heterocycles. The molecule has 0 bridgehead atoms. The van der Waals surface area contributed by atoms with E-state index in [4.69, 9.17) is 0 Å². The second kappa shape index (κ2) is 2.07. The molecule has 2 heteroatoms. The van der Waals surface area contributed by atoms with Crippen LogP contribution in [-0.2, 0) is 4.79 Å². The van der Waals surface area contributed by atoms with Crippen molar-refractivity contribution in [1.29, 1.82) is 0 Å². The third-order valence-electron chi connectivity index (χ3n) is 3.36. The monoisotopic (exact) mass is 153 g/mol. The highest BCUT2D eigenvalue weighted by atomic mass is 16.1. The molecule has 0 aromatic heterocycles. The topological polar surface area (TPSA) is 20.3 Å². The van der Waals surface area contributed by atoms with Crippen molar-refractivity contribution in [2.24, 2.45) is 11.3 Å². The highest BCUT2D eigenvalue weighted by Crippen LogP contribution is 2.58. The summed E-state index contributed by atoms with van der Waals surface area (Å²) in [7, 11) is 0. The van der Waals surface area contributed by atoms with Gasteiger partial charge in [0.2, 0.25) is 0 Å². The molecule has 2 unspecified atom stereocenters. The van der Waals surface area contributed by atoms with Gasteiger partial charge in [-0.15, -0.1) is 0 Å². The van der Waals surface area contributed by atoms with Crippen molar-refractivity contribution in [3.05, 3.63) is 0 Å². The molecule has 2 aliphatic rings. The summed E-state index contributed by atoms with van der Waals surface area (Å²) in [5.41, 5.74) is 0.121. The first-order valence-corrected chi connectivity index (χ1v) is 4.42. The van der Waals surface area contributed by atoms with E-state index < -0.39 is 0 Å². The fraction of sp³-hybridized carbons (Fsp3) is 0.889. The summed E-state index contributed by atoms with van der Waals surface area (Å²) in [4.78, 5) is 13.6. The van der Waals surface area contributed by atoms with E-state index in [9.17, 15) is 4.79 Å². The molecule has 0 spiro atoms. The van der Waals surface area contributed by atoms with Gasteiger partial charge in [-0.3, -0.25) is 4.79 Å². The maximum Gasteiger partial charge on any atom is 0.137 e. The third-order valence-corrected chi connectivity index (χ3v) is 3.36. The minimum atomic E-state index is 0.121. The molecule has 2 nitrogen and oxygen atoms in total. The van der Waals surface area contributed by atoms with Crippen molar-refractivity contribution in [2.75, 3.05) is 19.6 Å². The fourth-order valence-electron chi connectivity index (χ4n) is 2.37. The van der Waals surface area contributed by atoms with E-state index in [2.05, 4.69) is 11.8 Å². The lowest BCUT2D eigenvalue weighted by Crippen LogP contribution is -2.27. The van der Waals surface area contributed by atoms with Crippen LogP contribution >= 0.6 is 0 Å². The molecule has 1 aliphatic carbocycles. The number of Topliss-reactive ketones (excluding diaryl/α,β-unsaturated/α-hetero) is 1. The van der Waals surface area contributed by atoms with E-state index in [0.717, 1.165) is 19.6 Å². The van der Waals surface area contributed by atoms with Crippen molar-refractivity contribution in [3.63, 3.8) is 0 Å². The number of likely N-dealkylation sites (tertiary alicyclic amines) is 1. The SMILES string of the molecule is CCN1CC2CC2(C(C)=O)C1. The molecule has 1 heterocycles. The highest BCUT2D eigenvalue weighted by molar-refractivity contribution is 5.86. The van der Waals surface area contributed by atoms with Crippen LogP contribution in [0.5, 0.6) is 0 Å². The van der Waals surface area contributed by atoms with Crippen LogP contribution in [0.4, 0.5) is 0 Å². The van der Waals surface area contributed by atoms with Gasteiger partial charge in [-0.25, -0.2) is 0 Å². The lowest BCUT2D eigenvalue weighted by Gasteiger charge is -2.16. The Hall–Kier alpha value is -0.370. The van der Waals surface area contributed by atoms with Gasteiger partial charge >= 0.3 is 0 Å². The van der Waals surface area contributed by atoms with E-state index in [0.29, 0.717) is 11.7 Å². The molecule has 1 saturated carbocycles. The molecular formula is C9H15NO. The number of piperidine rings is 1. The van der Waals surface area contributed by atoms with Gasteiger partial charge < -0.3 is 4.90 Å². The summed E-state index contributed by atoms with van der Waals surface area (Å²) < 4.78 is 0. The number of carbonyl (C=O) groups is 1. The number of carbonyl (C=O) groups excluding carboxylic acids is 1. The smallest absolute Gasteiger partial charge is 0.137 e. The molecule has 1 saturated heterocycles. The summed E-state index contributed by atoms with van der Waals surface area (Å²) >= 11 is 0. The summed E-state index contributed by atoms with van der Waals surface area (Å²) in [6.07, 6.45) is 1.17. The Labute approximate surface area is 67.6 Å². The Morgan fingerprint density at radius 2 is 2.45 bits per heavy atom. The zero-order chi connectivity index (χ0) is 8.06. The Morgan fingerprint density at radius 1 is 1.73 bits per heavy atom. The van der Waals surface area contributed by atoms with Gasteiger partial charge in [-0.2, -0.15) is 0 Å². The second-order valence-electron chi connectivity index (χ2n) is 3.94. The van der Waals surface area contributed by atoms with Crippen LogP contribution in [0.15, 0.2) is 0 Å². The van der Waals surface area contributed by atoms with Crippen molar-refractivity contribution < 1.29 is 4.79 Å². The first-order valence-electron chi connectivity index (χ1n) is 4.42. The predicted molar refractivity (Wildman–Crippen MR) is 43.3 cm³/mol. The molecule has 0 N–H and O–H groups in total. The standard InChI is InChI=1S/C9H15NO/c1-3-10-5-8-4-9(8,6-10)7(2)11/h8H,3-6H2,1-2H3. The zero-order valence-corrected chi connectivity index (χ0v) is 7.26. The van der Waals surface area contributed by atoms with Gasteiger partial charge in [0, 0.05) is 18.5 Å². The van der Waals surface area contributed by atoms with Gasteiger partial charge in [0.15, 0.2) is 0 Å². The summed E-state index contributed by atoms with van der Waals surface area (Å²) in [6.45, 7) is 7.21. The molecule has 2 rings (SSSR count). The third kappa shape index (κ3) is 0.853. The molecule has 0 aromatic rings. The van der Waals surface area contributed by atoms with Crippen LogP contribution in [0.3, 0.4) is 0 Å². The van der Waals surface area contributed by atoms with Crippen LogP contribution in [0, 0.1) is 11.3 Å². The van der Waals surface area contributed by atoms with Gasteiger partial charge in [0.25, 0.3) is 0 Å². The van der Waals surface area contributed by atoms with E-state index in [1.54, 1.807) is 6.92 Å². The first kappa shape index (κ1) is 7.29. The quantitative estimate of drug-likeness (QED) is 0.588. The van der Waals surface area contributed by atoms with Crippen LogP contribution in [-0.4, -0.2) is 30.3 Å². The average Bonchev–Trinajstić information content (AvgIpc) is 2.56. The first-order chi connectivity index (χ1) is 5.19. The number of rotatable bonds is 2. The highest BCUT2D eigenvalue weighted by Gasteiger charge is 2.62. The largest absolute Gasteiger partial charge is 0.302 e. The number of fused-ring (bicyclic) bond motifs is 1. The zero-order valence-electron chi connectivity index (χ0n) is 7.26. The normalized spacial score (nSPS) is 42.2. The number of nitrogens with zero attached hydrogens (tertiary/aromatic N) is 1. The number of ketones is 1. The molecule has 62 valence electrons. The molecule has 11 heavy (non-hydrogen) atoms. The van der Waals surface area contributed by atoms with Crippen molar-refractivity contribution in [2.45, 2.75) is 20.3 Å². The molecule has 2 fully saturated rings. The Kier molecular flexibility index (Phi) is 1.37. The van der Waals surface area contributed by atoms with Crippen LogP contribution in [0.2, 0.25) is 0 Å². The summed E-state index contributed by atoms with van der Waals surface area (Å²) in [5, 5.41) is 0. The van der Waals surface area contributed by atoms with E-state index in [-0.39, 0.29) is 5.41 Å². The van der Waals surface area contributed by atoms with Crippen LogP contribution in [0.1, 0.15) is 20.3 Å². The summed E-state index contributed by atoms with van der Waals surface area (Å²) in [6, 6.07) is 0. The Bertz CT molecular complexity index is 202.